The van der Waals surface area contributed by atoms with Crippen LogP contribution >= 0.6 is 15.9 Å². The van der Waals surface area contributed by atoms with Crippen molar-refractivity contribution in [3.8, 4) is 0 Å². The SMILES string of the molecule is CCC(C)C1CN(Cc2cc(Br)ccc2F)CCN1. The fourth-order valence-corrected chi connectivity index (χ4v) is 2.97. The van der Waals surface area contributed by atoms with E-state index in [0.29, 0.717) is 18.5 Å². The average molecular weight is 329 g/mol. The molecular weight excluding hydrogens is 307 g/mol. The molecule has 4 heteroatoms. The molecule has 1 N–H and O–H groups in total. The lowest BCUT2D eigenvalue weighted by molar-refractivity contribution is 0.161. The van der Waals surface area contributed by atoms with Crippen LogP contribution in [0.25, 0.3) is 0 Å². The lowest BCUT2D eigenvalue weighted by Crippen LogP contribution is -2.52. The number of halogens is 2. The minimum absolute atomic E-state index is 0.109. The molecule has 0 aromatic heterocycles. The second-order valence-corrected chi connectivity index (χ2v) is 6.33. The Bertz CT molecular complexity index is 425. The molecule has 2 atom stereocenters. The lowest BCUT2D eigenvalue weighted by Gasteiger charge is -2.36. The highest BCUT2D eigenvalue weighted by molar-refractivity contribution is 9.10. The smallest absolute Gasteiger partial charge is 0.127 e. The molecule has 0 amide bonds. The Kier molecular flexibility index (Phi) is 5.37. The summed E-state index contributed by atoms with van der Waals surface area (Å²) < 4.78 is 14.7. The summed E-state index contributed by atoms with van der Waals surface area (Å²) in [7, 11) is 0. The first-order chi connectivity index (χ1) is 9.10. The highest BCUT2D eigenvalue weighted by Crippen LogP contribution is 2.19. The predicted octanol–water partition coefficient (Wildman–Crippen LogP) is 3.41. The molecule has 106 valence electrons. The molecule has 0 bridgehead atoms. The Morgan fingerprint density at radius 3 is 3.05 bits per heavy atom. The van der Waals surface area contributed by atoms with Gasteiger partial charge >= 0.3 is 0 Å². The van der Waals surface area contributed by atoms with Crippen molar-refractivity contribution in [1.29, 1.82) is 0 Å². The average Bonchev–Trinajstić information content (AvgIpc) is 2.42. The van der Waals surface area contributed by atoms with Gasteiger partial charge in [-0.15, -0.1) is 0 Å². The van der Waals surface area contributed by atoms with Gasteiger partial charge in [0, 0.05) is 42.3 Å². The molecule has 2 rings (SSSR count). The largest absolute Gasteiger partial charge is 0.311 e. The first kappa shape index (κ1) is 14.9. The third-order valence-electron chi connectivity index (χ3n) is 4.02. The number of nitrogens with zero attached hydrogens (tertiary/aromatic N) is 1. The number of hydrogen-bond acceptors (Lipinski definition) is 2. The molecule has 1 aromatic carbocycles. The topological polar surface area (TPSA) is 15.3 Å². The van der Waals surface area contributed by atoms with Crippen LogP contribution < -0.4 is 5.32 Å². The maximum Gasteiger partial charge on any atom is 0.127 e. The van der Waals surface area contributed by atoms with Crippen LogP contribution in [0.3, 0.4) is 0 Å². The summed E-state index contributed by atoms with van der Waals surface area (Å²) in [6, 6.07) is 5.69. The summed E-state index contributed by atoms with van der Waals surface area (Å²) in [5.74, 6) is 0.553. The molecule has 1 aliphatic rings. The van der Waals surface area contributed by atoms with Gasteiger partial charge in [0.05, 0.1) is 0 Å². The van der Waals surface area contributed by atoms with E-state index >= 15 is 0 Å². The predicted molar refractivity (Wildman–Crippen MR) is 80.6 cm³/mol. The molecule has 0 spiro atoms. The van der Waals surface area contributed by atoms with Crippen molar-refractivity contribution in [1.82, 2.24) is 10.2 Å². The van der Waals surface area contributed by atoms with Gasteiger partial charge in [-0.2, -0.15) is 0 Å². The van der Waals surface area contributed by atoms with Gasteiger partial charge in [-0.1, -0.05) is 36.2 Å². The minimum atomic E-state index is -0.109. The van der Waals surface area contributed by atoms with E-state index in [2.05, 4.69) is 40.0 Å². The Labute approximate surface area is 123 Å². The van der Waals surface area contributed by atoms with Crippen LogP contribution in [0.2, 0.25) is 0 Å². The third kappa shape index (κ3) is 4.01. The zero-order valence-corrected chi connectivity index (χ0v) is 13.2. The number of benzene rings is 1. The van der Waals surface area contributed by atoms with E-state index in [9.17, 15) is 4.39 Å². The van der Waals surface area contributed by atoms with Crippen LogP contribution in [-0.4, -0.2) is 30.6 Å². The number of piperazine rings is 1. The van der Waals surface area contributed by atoms with Crippen LogP contribution in [0.1, 0.15) is 25.8 Å². The maximum absolute atomic E-state index is 13.8. The second kappa shape index (κ2) is 6.82. The lowest BCUT2D eigenvalue weighted by atomic mass is 9.97. The summed E-state index contributed by atoms with van der Waals surface area (Å²) in [4.78, 5) is 2.35. The van der Waals surface area contributed by atoms with Gasteiger partial charge in [-0.3, -0.25) is 4.90 Å². The summed E-state index contributed by atoms with van der Waals surface area (Å²) in [5.41, 5.74) is 0.777. The van der Waals surface area contributed by atoms with E-state index in [1.807, 2.05) is 6.07 Å². The molecule has 19 heavy (non-hydrogen) atoms. The van der Waals surface area contributed by atoms with Gasteiger partial charge in [0.2, 0.25) is 0 Å². The van der Waals surface area contributed by atoms with E-state index in [1.54, 1.807) is 6.07 Å². The Morgan fingerprint density at radius 1 is 1.53 bits per heavy atom. The van der Waals surface area contributed by atoms with Gasteiger partial charge in [-0.05, 0) is 24.1 Å². The molecular formula is C15H22BrFN2. The van der Waals surface area contributed by atoms with Crippen molar-refractivity contribution >= 4 is 15.9 Å². The fraction of sp³-hybridized carbons (Fsp3) is 0.600. The molecule has 0 aliphatic carbocycles. The second-order valence-electron chi connectivity index (χ2n) is 5.42. The standard InChI is InChI=1S/C15H22BrFN2/c1-3-11(2)15-10-19(7-6-18-15)9-12-8-13(16)4-5-14(12)17/h4-5,8,11,15,18H,3,6-7,9-10H2,1-2H3. The van der Waals surface area contributed by atoms with Crippen LogP contribution in [-0.2, 0) is 6.54 Å². The number of rotatable bonds is 4. The van der Waals surface area contributed by atoms with Crippen LogP contribution in [0.15, 0.2) is 22.7 Å². The van der Waals surface area contributed by atoms with E-state index in [4.69, 9.17) is 0 Å². The van der Waals surface area contributed by atoms with Crippen molar-refractivity contribution in [2.75, 3.05) is 19.6 Å². The summed E-state index contributed by atoms with van der Waals surface area (Å²) in [5, 5.41) is 3.57. The highest BCUT2D eigenvalue weighted by atomic mass is 79.9. The van der Waals surface area contributed by atoms with Crippen LogP contribution in [0, 0.1) is 11.7 Å². The van der Waals surface area contributed by atoms with Crippen molar-refractivity contribution in [2.24, 2.45) is 5.92 Å². The van der Waals surface area contributed by atoms with E-state index in [1.165, 1.54) is 12.5 Å². The van der Waals surface area contributed by atoms with Crippen molar-refractivity contribution in [3.63, 3.8) is 0 Å². The first-order valence-electron chi connectivity index (χ1n) is 6.99. The van der Waals surface area contributed by atoms with Gasteiger partial charge < -0.3 is 5.32 Å². The molecule has 1 saturated heterocycles. The van der Waals surface area contributed by atoms with Gasteiger partial charge in [0.1, 0.15) is 5.82 Å². The zero-order chi connectivity index (χ0) is 13.8. The van der Waals surface area contributed by atoms with E-state index < -0.39 is 0 Å². The highest BCUT2D eigenvalue weighted by Gasteiger charge is 2.23. The van der Waals surface area contributed by atoms with E-state index in [-0.39, 0.29) is 5.82 Å². The van der Waals surface area contributed by atoms with Crippen molar-refractivity contribution < 1.29 is 4.39 Å². The van der Waals surface area contributed by atoms with Crippen LogP contribution in [0.5, 0.6) is 0 Å². The molecule has 1 heterocycles. The fourth-order valence-electron chi connectivity index (χ4n) is 2.56. The summed E-state index contributed by atoms with van der Waals surface area (Å²) in [6.07, 6.45) is 1.18. The zero-order valence-electron chi connectivity index (χ0n) is 11.6. The first-order valence-corrected chi connectivity index (χ1v) is 7.79. The molecule has 2 nitrogen and oxygen atoms in total. The number of hydrogen-bond donors (Lipinski definition) is 1. The van der Waals surface area contributed by atoms with Crippen molar-refractivity contribution in [3.05, 3.63) is 34.1 Å². The molecule has 0 saturated carbocycles. The van der Waals surface area contributed by atoms with Crippen LogP contribution in [0.4, 0.5) is 4.39 Å². The minimum Gasteiger partial charge on any atom is -0.311 e. The summed E-state index contributed by atoms with van der Waals surface area (Å²) in [6.45, 7) is 8.17. The molecule has 1 fully saturated rings. The monoisotopic (exact) mass is 328 g/mol. The molecule has 2 unspecified atom stereocenters. The number of nitrogens with one attached hydrogen (secondary N) is 1. The quantitative estimate of drug-likeness (QED) is 0.911. The molecule has 1 aliphatic heterocycles. The molecule has 0 radical (unpaired) electrons. The van der Waals surface area contributed by atoms with Crippen molar-refractivity contribution in [2.45, 2.75) is 32.9 Å². The molecule has 1 aromatic rings. The third-order valence-corrected chi connectivity index (χ3v) is 4.52. The summed E-state index contributed by atoms with van der Waals surface area (Å²) >= 11 is 3.41. The normalized spacial score (nSPS) is 22.4. The van der Waals surface area contributed by atoms with Gasteiger partial charge in [0.25, 0.3) is 0 Å². The van der Waals surface area contributed by atoms with E-state index in [0.717, 1.165) is 29.7 Å². The Balaban J connectivity index is 2.00. The Morgan fingerprint density at radius 2 is 2.32 bits per heavy atom. The van der Waals surface area contributed by atoms with Gasteiger partial charge in [-0.25, -0.2) is 4.39 Å². The van der Waals surface area contributed by atoms with Gasteiger partial charge in [0.15, 0.2) is 0 Å². The Hall–Kier alpha value is -0.450. The maximum atomic E-state index is 13.8.